The maximum Gasteiger partial charge on any atom is 0.386 e. The number of imidazole rings is 1. The summed E-state index contributed by atoms with van der Waals surface area (Å²) in [4.78, 5) is 21.9. The van der Waals surface area contributed by atoms with Gasteiger partial charge in [-0.05, 0) is 12.8 Å². The molecule has 11 heteroatoms. The third-order valence-electron chi connectivity index (χ3n) is 3.37. The van der Waals surface area contributed by atoms with Crippen LogP contribution in [0.5, 0.6) is 0 Å². The van der Waals surface area contributed by atoms with E-state index in [1.54, 1.807) is 10.9 Å². The minimum atomic E-state index is -3.41. The van der Waals surface area contributed by atoms with Gasteiger partial charge in [0.25, 0.3) is 0 Å². The van der Waals surface area contributed by atoms with Crippen molar-refractivity contribution in [1.29, 1.82) is 0 Å². The van der Waals surface area contributed by atoms with Gasteiger partial charge in [0.05, 0.1) is 19.0 Å². The van der Waals surface area contributed by atoms with E-state index in [0.29, 0.717) is 17.0 Å². The second-order valence-corrected chi connectivity index (χ2v) is 7.61. The zero-order chi connectivity index (χ0) is 16.4. The van der Waals surface area contributed by atoms with Gasteiger partial charge in [0.1, 0.15) is 24.2 Å². The summed E-state index contributed by atoms with van der Waals surface area (Å²) in [5.41, 5.74) is 6.90. The summed E-state index contributed by atoms with van der Waals surface area (Å²) >= 11 is 4.74. The van der Waals surface area contributed by atoms with E-state index in [1.165, 1.54) is 6.33 Å². The average Bonchev–Trinajstić information content (AvgIpc) is 3.12. The number of hydrogen-bond acceptors (Lipinski definition) is 8. The van der Waals surface area contributed by atoms with Crippen LogP contribution < -0.4 is 5.73 Å². The quantitative estimate of drug-likeness (QED) is 0.596. The Morgan fingerprint density at radius 3 is 3.13 bits per heavy atom. The van der Waals surface area contributed by atoms with E-state index in [2.05, 4.69) is 19.5 Å². The van der Waals surface area contributed by atoms with Gasteiger partial charge in [-0.3, -0.25) is 9.09 Å². The first kappa shape index (κ1) is 16.1. The Hall–Kier alpha value is -1.76. The second-order valence-electron chi connectivity index (χ2n) is 4.85. The number of rotatable bonds is 5. The number of hydrogen-bond donors (Lipinski definition) is 2. The summed E-state index contributed by atoms with van der Waals surface area (Å²) < 4.78 is 17.4. The zero-order valence-electron chi connectivity index (χ0n) is 11.9. The van der Waals surface area contributed by atoms with E-state index in [4.69, 9.17) is 33.2 Å². The second kappa shape index (κ2) is 6.39. The highest BCUT2D eigenvalue weighted by atomic mass is 32.5. The van der Waals surface area contributed by atoms with E-state index in [-0.39, 0.29) is 18.9 Å². The smallest absolute Gasteiger partial charge is 0.382 e. The Morgan fingerprint density at radius 1 is 1.52 bits per heavy atom. The Kier molecular flexibility index (Phi) is 4.48. The maximum absolute atomic E-state index is 9.63. The SMILES string of the molecule is C#COP(O)(=S)OC[C@@H]1CC[C@H](n2cnc3c(N)ncnc32)O1. The van der Waals surface area contributed by atoms with E-state index in [1.807, 2.05) is 6.11 Å². The van der Waals surface area contributed by atoms with Crippen molar-refractivity contribution < 1.29 is 18.7 Å². The molecule has 1 aliphatic rings. The Balaban J connectivity index is 1.67. The molecule has 3 heterocycles. The number of nitrogen functional groups attached to an aromatic ring is 1. The lowest BCUT2D eigenvalue weighted by molar-refractivity contribution is -0.0178. The fourth-order valence-electron chi connectivity index (χ4n) is 2.37. The number of ether oxygens (including phenoxy) is 1. The highest BCUT2D eigenvalue weighted by Crippen LogP contribution is 2.44. The van der Waals surface area contributed by atoms with Gasteiger partial charge in [-0.1, -0.05) is 6.42 Å². The molecule has 23 heavy (non-hydrogen) atoms. The Morgan fingerprint density at radius 2 is 2.35 bits per heavy atom. The number of terminal acetylenes is 1. The number of nitrogens with two attached hydrogens (primary N) is 1. The van der Waals surface area contributed by atoms with Crippen molar-refractivity contribution in [2.75, 3.05) is 12.3 Å². The molecular weight excluding hydrogens is 341 g/mol. The number of nitrogens with zero attached hydrogens (tertiary/aromatic N) is 4. The lowest BCUT2D eigenvalue weighted by Gasteiger charge is -2.17. The summed E-state index contributed by atoms with van der Waals surface area (Å²) in [6.45, 7) is -3.32. The molecule has 9 nitrogen and oxygen atoms in total. The summed E-state index contributed by atoms with van der Waals surface area (Å²) in [6.07, 6.45) is 10.7. The van der Waals surface area contributed by atoms with Gasteiger partial charge in [0.15, 0.2) is 11.5 Å². The molecule has 0 amide bonds. The van der Waals surface area contributed by atoms with Crippen LogP contribution in [0.1, 0.15) is 19.1 Å². The summed E-state index contributed by atoms with van der Waals surface area (Å²) in [7, 11) is 0. The topological polar surface area (TPSA) is 118 Å². The first-order chi connectivity index (χ1) is 11.0. The normalized spacial score (nSPS) is 23.5. The van der Waals surface area contributed by atoms with Gasteiger partial charge >= 0.3 is 6.72 Å². The maximum atomic E-state index is 9.63. The molecule has 0 radical (unpaired) electrons. The average molecular weight is 355 g/mol. The van der Waals surface area contributed by atoms with Gasteiger partial charge in [0.2, 0.25) is 0 Å². The van der Waals surface area contributed by atoms with Crippen molar-refractivity contribution >= 4 is 35.5 Å². The van der Waals surface area contributed by atoms with Crippen LogP contribution in [-0.4, -0.2) is 37.1 Å². The molecule has 3 rings (SSSR count). The summed E-state index contributed by atoms with van der Waals surface area (Å²) in [6, 6.07) is 0. The molecular formula is C12H14N5O4PS. The van der Waals surface area contributed by atoms with Crippen molar-refractivity contribution in [1.82, 2.24) is 19.5 Å². The predicted molar refractivity (Wildman–Crippen MR) is 85.3 cm³/mol. The van der Waals surface area contributed by atoms with Crippen LogP contribution in [0.25, 0.3) is 11.2 Å². The minimum Gasteiger partial charge on any atom is -0.382 e. The largest absolute Gasteiger partial charge is 0.386 e. The fraction of sp³-hybridized carbons (Fsp3) is 0.417. The third-order valence-corrected chi connectivity index (χ3v) is 4.73. The molecule has 122 valence electrons. The minimum absolute atomic E-state index is 0.0930. The molecule has 0 aromatic carbocycles. The van der Waals surface area contributed by atoms with Crippen LogP contribution >= 0.6 is 6.72 Å². The van der Waals surface area contributed by atoms with Crippen molar-refractivity contribution in [3.05, 3.63) is 12.7 Å². The van der Waals surface area contributed by atoms with Crippen molar-refractivity contribution in [3.8, 4) is 12.5 Å². The van der Waals surface area contributed by atoms with E-state index < -0.39 is 6.72 Å². The number of fused-ring (bicyclic) bond motifs is 1. The van der Waals surface area contributed by atoms with Crippen molar-refractivity contribution in [2.24, 2.45) is 0 Å². The fourth-order valence-corrected chi connectivity index (χ4v) is 3.22. The molecule has 3 N–H and O–H groups in total. The van der Waals surface area contributed by atoms with Gasteiger partial charge in [-0.25, -0.2) is 15.0 Å². The van der Waals surface area contributed by atoms with Crippen molar-refractivity contribution in [2.45, 2.75) is 25.2 Å². The molecule has 0 spiro atoms. The van der Waals surface area contributed by atoms with Gasteiger partial charge in [0, 0.05) is 11.8 Å². The van der Waals surface area contributed by atoms with E-state index in [0.717, 1.165) is 12.8 Å². The molecule has 1 aliphatic heterocycles. The van der Waals surface area contributed by atoms with Crippen LogP contribution in [0, 0.1) is 12.5 Å². The molecule has 1 saturated heterocycles. The molecule has 1 unspecified atom stereocenters. The lowest BCUT2D eigenvalue weighted by atomic mass is 10.2. The summed E-state index contributed by atoms with van der Waals surface area (Å²) in [5, 5.41) is 0. The van der Waals surface area contributed by atoms with Crippen LogP contribution in [0.4, 0.5) is 5.82 Å². The van der Waals surface area contributed by atoms with E-state index >= 15 is 0 Å². The number of anilines is 1. The molecule has 0 aliphatic carbocycles. The third kappa shape index (κ3) is 3.44. The molecule has 1 fully saturated rings. The van der Waals surface area contributed by atoms with Gasteiger partial charge < -0.3 is 19.9 Å². The standard InChI is InChI=1S/C12H14N5O4PS/c1-2-19-22(18,23)20-5-8-3-4-9(21-8)17-7-16-10-11(13)14-6-15-12(10)17/h1,6-9H,3-5H2,(H,18,23)(H2,13,14,15)/t8-,9+,22?/m0/s1. The molecule has 3 atom stereocenters. The number of aromatic nitrogens is 4. The highest BCUT2D eigenvalue weighted by molar-refractivity contribution is 8.07. The van der Waals surface area contributed by atoms with E-state index in [9.17, 15) is 4.89 Å². The highest BCUT2D eigenvalue weighted by Gasteiger charge is 2.30. The lowest BCUT2D eigenvalue weighted by Crippen LogP contribution is -2.16. The first-order valence-corrected chi connectivity index (χ1v) is 9.29. The Labute approximate surface area is 137 Å². The molecule has 0 saturated carbocycles. The van der Waals surface area contributed by atoms with Crippen LogP contribution in [0.2, 0.25) is 0 Å². The Bertz CT molecular complexity index is 806. The molecule has 2 aromatic heterocycles. The van der Waals surface area contributed by atoms with Gasteiger partial charge in [-0.2, -0.15) is 0 Å². The van der Waals surface area contributed by atoms with Gasteiger partial charge in [-0.15, -0.1) is 0 Å². The van der Waals surface area contributed by atoms with Crippen LogP contribution in [-0.2, 0) is 25.6 Å². The van der Waals surface area contributed by atoms with Crippen LogP contribution in [0.15, 0.2) is 12.7 Å². The first-order valence-electron chi connectivity index (χ1n) is 6.70. The monoisotopic (exact) mass is 355 g/mol. The summed E-state index contributed by atoms with van der Waals surface area (Å²) in [5.74, 6) is 0.319. The molecule has 2 aromatic rings. The van der Waals surface area contributed by atoms with Crippen LogP contribution in [0.3, 0.4) is 0 Å². The predicted octanol–water partition coefficient (Wildman–Crippen LogP) is 0.927. The molecule has 0 bridgehead atoms. The van der Waals surface area contributed by atoms with Crippen molar-refractivity contribution in [3.63, 3.8) is 0 Å². The zero-order valence-corrected chi connectivity index (χ0v) is 13.6.